The van der Waals surface area contributed by atoms with Gasteiger partial charge in [0.1, 0.15) is 6.04 Å². The van der Waals surface area contributed by atoms with E-state index in [0.717, 1.165) is 19.4 Å². The Morgan fingerprint density at radius 2 is 2.26 bits per heavy atom. The number of nitrogens with one attached hydrogen (secondary N) is 2. The molecule has 2 unspecified atom stereocenters. The molecule has 0 saturated carbocycles. The van der Waals surface area contributed by atoms with Gasteiger partial charge in [-0.1, -0.05) is 6.42 Å². The van der Waals surface area contributed by atoms with Gasteiger partial charge in [-0.15, -0.1) is 0 Å². The Hall–Kier alpha value is -1.14. The first-order valence-electron chi connectivity index (χ1n) is 6.88. The minimum Gasteiger partial charge on any atom is -0.480 e. The Bertz CT molecular complexity index is 290. The summed E-state index contributed by atoms with van der Waals surface area (Å²) in [6, 6.07) is -0.464. The molecule has 1 heterocycles. The second kappa shape index (κ2) is 8.87. The van der Waals surface area contributed by atoms with Gasteiger partial charge < -0.3 is 20.5 Å². The number of ether oxygens (including phenoxy) is 1. The molecule has 1 rings (SSSR count). The average molecular weight is 272 g/mol. The number of aliphatic carboxylic acids is 1. The lowest BCUT2D eigenvalue weighted by atomic mass is 10.0. The molecular formula is C13H24N2O4. The minimum absolute atomic E-state index is 0.198. The van der Waals surface area contributed by atoms with Gasteiger partial charge >= 0.3 is 5.97 Å². The van der Waals surface area contributed by atoms with E-state index in [4.69, 9.17) is 9.84 Å². The molecule has 1 aliphatic heterocycles. The van der Waals surface area contributed by atoms with Crippen LogP contribution in [0.1, 0.15) is 38.5 Å². The Kier molecular flexibility index (Phi) is 7.43. The van der Waals surface area contributed by atoms with Gasteiger partial charge in [-0.25, -0.2) is 4.79 Å². The second-order valence-corrected chi connectivity index (χ2v) is 4.93. The molecule has 1 amide bonds. The van der Waals surface area contributed by atoms with Crippen molar-refractivity contribution in [1.82, 2.24) is 10.6 Å². The first-order valence-corrected chi connectivity index (χ1v) is 6.88. The normalized spacial score (nSPS) is 20.8. The summed E-state index contributed by atoms with van der Waals surface area (Å²) in [4.78, 5) is 22.7. The predicted molar refractivity (Wildman–Crippen MR) is 70.9 cm³/mol. The molecule has 0 aromatic rings. The van der Waals surface area contributed by atoms with Gasteiger partial charge in [0.15, 0.2) is 0 Å². The fourth-order valence-corrected chi connectivity index (χ4v) is 2.24. The molecule has 1 fully saturated rings. The van der Waals surface area contributed by atoms with E-state index in [1.807, 2.05) is 0 Å². The third-order valence-corrected chi connectivity index (χ3v) is 3.38. The Balaban J connectivity index is 2.25. The Morgan fingerprint density at radius 1 is 1.47 bits per heavy atom. The first kappa shape index (κ1) is 15.9. The fraction of sp³-hybridized carbons (Fsp3) is 0.846. The van der Waals surface area contributed by atoms with Crippen LogP contribution in [-0.2, 0) is 14.3 Å². The molecule has 2 atom stereocenters. The maximum Gasteiger partial charge on any atom is 0.326 e. The number of hydrogen-bond donors (Lipinski definition) is 3. The number of carbonyl (C=O) groups is 2. The molecule has 0 spiro atoms. The smallest absolute Gasteiger partial charge is 0.326 e. The SMILES string of the molecule is COCCC(NC(=O)CCC1CCCCN1)C(=O)O. The van der Waals surface area contributed by atoms with Crippen LogP contribution >= 0.6 is 0 Å². The lowest BCUT2D eigenvalue weighted by Crippen LogP contribution is -2.42. The topological polar surface area (TPSA) is 87.7 Å². The lowest BCUT2D eigenvalue weighted by molar-refractivity contribution is -0.142. The largest absolute Gasteiger partial charge is 0.480 e. The van der Waals surface area contributed by atoms with E-state index in [1.165, 1.54) is 20.0 Å². The van der Waals surface area contributed by atoms with Crippen LogP contribution in [0.25, 0.3) is 0 Å². The molecule has 0 aromatic heterocycles. The van der Waals surface area contributed by atoms with Crippen molar-refractivity contribution in [2.75, 3.05) is 20.3 Å². The van der Waals surface area contributed by atoms with Gasteiger partial charge in [-0.2, -0.15) is 0 Å². The molecule has 0 radical (unpaired) electrons. The van der Waals surface area contributed by atoms with Crippen molar-refractivity contribution in [3.8, 4) is 0 Å². The standard InChI is InChI=1S/C13H24N2O4/c1-19-9-7-11(13(17)18)15-12(16)6-5-10-4-2-3-8-14-10/h10-11,14H,2-9H2,1H3,(H,15,16)(H,17,18). The zero-order valence-corrected chi connectivity index (χ0v) is 11.5. The molecule has 1 aliphatic rings. The Labute approximate surface area is 113 Å². The van der Waals surface area contributed by atoms with E-state index in [1.54, 1.807) is 0 Å². The molecule has 0 aliphatic carbocycles. The van der Waals surface area contributed by atoms with Crippen LogP contribution in [0.5, 0.6) is 0 Å². The van der Waals surface area contributed by atoms with E-state index in [2.05, 4.69) is 10.6 Å². The predicted octanol–water partition coefficient (Wildman–Crippen LogP) is 0.515. The maximum absolute atomic E-state index is 11.7. The Morgan fingerprint density at radius 3 is 2.84 bits per heavy atom. The molecule has 6 heteroatoms. The highest BCUT2D eigenvalue weighted by atomic mass is 16.5. The minimum atomic E-state index is -1.01. The average Bonchev–Trinajstić information content (AvgIpc) is 2.42. The highest BCUT2D eigenvalue weighted by Gasteiger charge is 2.20. The van der Waals surface area contributed by atoms with Crippen LogP contribution in [0.3, 0.4) is 0 Å². The zero-order chi connectivity index (χ0) is 14.1. The van der Waals surface area contributed by atoms with Gasteiger partial charge in [-0.3, -0.25) is 4.79 Å². The molecule has 0 bridgehead atoms. The molecule has 110 valence electrons. The quantitative estimate of drug-likeness (QED) is 0.599. The van der Waals surface area contributed by atoms with Gasteiger partial charge in [0.05, 0.1) is 0 Å². The van der Waals surface area contributed by atoms with Crippen LogP contribution in [0.2, 0.25) is 0 Å². The van der Waals surface area contributed by atoms with E-state index in [-0.39, 0.29) is 5.91 Å². The number of rotatable bonds is 8. The molecular weight excluding hydrogens is 248 g/mol. The van der Waals surface area contributed by atoms with Gasteiger partial charge in [0.25, 0.3) is 0 Å². The molecule has 3 N–H and O–H groups in total. The summed E-state index contributed by atoms with van der Waals surface area (Å²) in [5, 5.41) is 14.9. The van der Waals surface area contributed by atoms with Gasteiger partial charge in [-0.05, 0) is 25.8 Å². The molecule has 1 saturated heterocycles. The number of hydrogen-bond acceptors (Lipinski definition) is 4. The summed E-state index contributed by atoms with van der Waals surface area (Å²) >= 11 is 0. The maximum atomic E-state index is 11.7. The molecule has 0 aromatic carbocycles. The number of amides is 1. The molecule has 19 heavy (non-hydrogen) atoms. The number of carboxylic acids is 1. The van der Waals surface area contributed by atoms with Gasteiger partial charge in [0, 0.05) is 32.6 Å². The summed E-state index contributed by atoms with van der Waals surface area (Å²) in [6.45, 7) is 1.33. The summed E-state index contributed by atoms with van der Waals surface area (Å²) in [6.07, 6.45) is 4.92. The van der Waals surface area contributed by atoms with Crippen LogP contribution in [0.15, 0.2) is 0 Å². The molecule has 6 nitrogen and oxygen atoms in total. The lowest BCUT2D eigenvalue weighted by Gasteiger charge is -2.23. The van der Waals surface area contributed by atoms with Crippen molar-refractivity contribution >= 4 is 11.9 Å². The fourth-order valence-electron chi connectivity index (χ4n) is 2.24. The monoisotopic (exact) mass is 272 g/mol. The van der Waals surface area contributed by atoms with Crippen LogP contribution in [0, 0.1) is 0 Å². The number of carbonyl (C=O) groups excluding carboxylic acids is 1. The zero-order valence-electron chi connectivity index (χ0n) is 11.5. The van der Waals surface area contributed by atoms with Crippen LogP contribution in [-0.4, -0.2) is 49.3 Å². The van der Waals surface area contributed by atoms with Crippen molar-refractivity contribution in [3.05, 3.63) is 0 Å². The van der Waals surface area contributed by atoms with E-state index < -0.39 is 12.0 Å². The van der Waals surface area contributed by atoms with E-state index >= 15 is 0 Å². The van der Waals surface area contributed by atoms with Crippen molar-refractivity contribution in [3.63, 3.8) is 0 Å². The van der Waals surface area contributed by atoms with E-state index in [9.17, 15) is 9.59 Å². The van der Waals surface area contributed by atoms with E-state index in [0.29, 0.717) is 25.5 Å². The summed E-state index contributed by atoms with van der Waals surface area (Å²) in [7, 11) is 1.51. The van der Waals surface area contributed by atoms with Crippen molar-refractivity contribution in [2.45, 2.75) is 50.6 Å². The van der Waals surface area contributed by atoms with Crippen molar-refractivity contribution in [1.29, 1.82) is 0 Å². The highest BCUT2D eigenvalue weighted by Crippen LogP contribution is 2.11. The first-order chi connectivity index (χ1) is 9.13. The number of piperidine rings is 1. The number of methoxy groups -OCH3 is 1. The van der Waals surface area contributed by atoms with Crippen molar-refractivity contribution < 1.29 is 19.4 Å². The summed E-state index contributed by atoms with van der Waals surface area (Å²) < 4.78 is 4.83. The highest BCUT2D eigenvalue weighted by molar-refractivity contribution is 5.83. The summed E-state index contributed by atoms with van der Waals surface area (Å²) in [5.74, 6) is -1.21. The third-order valence-electron chi connectivity index (χ3n) is 3.38. The van der Waals surface area contributed by atoms with Gasteiger partial charge in [0.2, 0.25) is 5.91 Å². The van der Waals surface area contributed by atoms with Crippen molar-refractivity contribution in [2.24, 2.45) is 0 Å². The number of carboxylic acid groups (broad SMARTS) is 1. The third kappa shape index (κ3) is 6.54. The second-order valence-electron chi connectivity index (χ2n) is 4.93. The van der Waals surface area contributed by atoms with Crippen LogP contribution < -0.4 is 10.6 Å². The van der Waals surface area contributed by atoms with Crippen LogP contribution in [0.4, 0.5) is 0 Å². The summed E-state index contributed by atoms with van der Waals surface area (Å²) in [5.41, 5.74) is 0.